The quantitative estimate of drug-likeness (QED) is 0.448. The van der Waals surface area contributed by atoms with Gasteiger partial charge in [-0.2, -0.15) is 0 Å². The van der Waals surface area contributed by atoms with E-state index < -0.39 is 5.63 Å². The highest BCUT2D eigenvalue weighted by Crippen LogP contribution is 2.29. The van der Waals surface area contributed by atoms with Crippen LogP contribution in [0.3, 0.4) is 0 Å². The number of fused-ring (bicyclic) bond motifs is 3. The zero-order valence-electron chi connectivity index (χ0n) is 12.3. The Kier molecular flexibility index (Phi) is 3.21. The Labute approximate surface area is 132 Å². The van der Waals surface area contributed by atoms with Gasteiger partial charge in [-0.15, -0.1) is 0 Å². The summed E-state index contributed by atoms with van der Waals surface area (Å²) < 4.78 is 5.52. The van der Waals surface area contributed by atoms with Crippen molar-refractivity contribution in [2.75, 3.05) is 0 Å². The van der Waals surface area contributed by atoms with Crippen LogP contribution in [-0.2, 0) is 6.61 Å². The van der Waals surface area contributed by atoms with Crippen molar-refractivity contribution in [3.05, 3.63) is 82.7 Å². The molecule has 0 bridgehead atoms. The van der Waals surface area contributed by atoms with Gasteiger partial charge in [0.1, 0.15) is 5.58 Å². The lowest BCUT2D eigenvalue weighted by molar-refractivity contribution is 0.282. The first-order valence-corrected chi connectivity index (χ1v) is 7.42. The van der Waals surface area contributed by atoms with Gasteiger partial charge in [0, 0.05) is 5.39 Å². The molecule has 4 aromatic rings. The van der Waals surface area contributed by atoms with Gasteiger partial charge < -0.3 is 9.52 Å². The number of hydrogen-bond donors (Lipinski definition) is 1. The van der Waals surface area contributed by atoms with Crippen LogP contribution in [-0.4, -0.2) is 5.11 Å². The molecule has 4 rings (SSSR count). The van der Waals surface area contributed by atoms with Crippen LogP contribution < -0.4 is 5.63 Å². The molecular formula is C20H14O3. The third kappa shape index (κ3) is 2.22. The van der Waals surface area contributed by atoms with Crippen molar-refractivity contribution in [2.45, 2.75) is 6.61 Å². The molecule has 0 spiro atoms. The normalized spacial score (nSPS) is 11.2. The minimum Gasteiger partial charge on any atom is -0.422 e. The minimum absolute atomic E-state index is 0.122. The summed E-state index contributed by atoms with van der Waals surface area (Å²) >= 11 is 0. The van der Waals surface area contributed by atoms with E-state index in [4.69, 9.17) is 4.42 Å². The van der Waals surface area contributed by atoms with E-state index in [-0.39, 0.29) is 6.61 Å². The highest BCUT2D eigenvalue weighted by Gasteiger charge is 2.12. The summed E-state index contributed by atoms with van der Waals surface area (Å²) in [5.74, 6) is 0. The number of benzene rings is 3. The number of rotatable bonds is 2. The molecule has 3 aromatic carbocycles. The van der Waals surface area contributed by atoms with Crippen molar-refractivity contribution in [1.82, 2.24) is 0 Å². The van der Waals surface area contributed by atoms with Crippen LogP contribution in [0, 0.1) is 0 Å². The highest BCUT2D eigenvalue weighted by molar-refractivity contribution is 6.06. The van der Waals surface area contributed by atoms with Gasteiger partial charge in [-0.3, -0.25) is 0 Å². The molecule has 1 heterocycles. The molecule has 23 heavy (non-hydrogen) atoms. The lowest BCUT2D eigenvalue weighted by Gasteiger charge is -2.08. The molecule has 0 fully saturated rings. The molecule has 0 amide bonds. The monoisotopic (exact) mass is 302 g/mol. The topological polar surface area (TPSA) is 50.4 Å². The van der Waals surface area contributed by atoms with Crippen LogP contribution in [0.1, 0.15) is 5.56 Å². The summed E-state index contributed by atoms with van der Waals surface area (Å²) in [6.07, 6.45) is 0. The second-order valence-corrected chi connectivity index (χ2v) is 5.46. The second kappa shape index (κ2) is 5.38. The largest absolute Gasteiger partial charge is 0.422 e. The van der Waals surface area contributed by atoms with Crippen LogP contribution in [0.5, 0.6) is 0 Å². The van der Waals surface area contributed by atoms with Gasteiger partial charge >= 0.3 is 5.63 Å². The van der Waals surface area contributed by atoms with Crippen molar-refractivity contribution in [2.24, 2.45) is 0 Å². The summed E-state index contributed by atoms with van der Waals surface area (Å²) in [4.78, 5) is 12.4. The molecule has 1 aromatic heterocycles. The summed E-state index contributed by atoms with van der Waals surface area (Å²) in [5.41, 5.74) is 2.06. The first-order valence-electron chi connectivity index (χ1n) is 7.42. The van der Waals surface area contributed by atoms with Crippen LogP contribution in [0.4, 0.5) is 0 Å². The molecule has 0 aliphatic rings. The van der Waals surface area contributed by atoms with E-state index in [1.54, 1.807) is 0 Å². The number of hydrogen-bond acceptors (Lipinski definition) is 3. The number of aliphatic hydroxyl groups excluding tert-OH is 1. The Morgan fingerprint density at radius 2 is 1.61 bits per heavy atom. The van der Waals surface area contributed by atoms with Crippen molar-refractivity contribution in [3.8, 4) is 11.1 Å². The van der Waals surface area contributed by atoms with Gasteiger partial charge in [-0.1, -0.05) is 54.6 Å². The van der Waals surface area contributed by atoms with E-state index in [1.807, 2.05) is 66.7 Å². The van der Waals surface area contributed by atoms with Crippen molar-refractivity contribution in [3.63, 3.8) is 0 Å². The zero-order chi connectivity index (χ0) is 15.8. The lowest BCUT2D eigenvalue weighted by Crippen LogP contribution is -2.04. The molecule has 1 N–H and O–H groups in total. The summed E-state index contributed by atoms with van der Waals surface area (Å²) in [5, 5.41) is 12.5. The van der Waals surface area contributed by atoms with Gasteiger partial charge in [0.25, 0.3) is 0 Å². The second-order valence-electron chi connectivity index (χ2n) is 5.46. The maximum atomic E-state index is 12.4. The maximum absolute atomic E-state index is 12.4. The molecular weight excluding hydrogens is 288 g/mol. The van der Waals surface area contributed by atoms with Crippen molar-refractivity contribution < 1.29 is 9.52 Å². The van der Waals surface area contributed by atoms with Gasteiger partial charge in [0.05, 0.1) is 12.2 Å². The van der Waals surface area contributed by atoms with E-state index in [9.17, 15) is 9.90 Å². The fourth-order valence-electron chi connectivity index (χ4n) is 2.98. The van der Waals surface area contributed by atoms with Gasteiger partial charge in [-0.05, 0) is 34.0 Å². The Balaban J connectivity index is 2.10. The average molecular weight is 302 g/mol. The standard InChI is InChI=1S/C20H14O3/c21-12-14-6-2-4-8-16(14)18-11-17-15-7-3-1-5-13(15)9-10-19(17)23-20(18)22/h1-11,21H,12H2. The fourth-order valence-corrected chi connectivity index (χ4v) is 2.98. The molecule has 0 saturated heterocycles. The van der Waals surface area contributed by atoms with Gasteiger partial charge in [-0.25, -0.2) is 4.79 Å². The molecule has 0 aliphatic heterocycles. The summed E-state index contributed by atoms with van der Waals surface area (Å²) in [6.45, 7) is -0.122. The first-order chi connectivity index (χ1) is 11.3. The molecule has 0 aliphatic carbocycles. The van der Waals surface area contributed by atoms with E-state index in [0.29, 0.717) is 22.3 Å². The van der Waals surface area contributed by atoms with E-state index >= 15 is 0 Å². The Bertz CT molecular complexity index is 1080. The maximum Gasteiger partial charge on any atom is 0.344 e. The van der Waals surface area contributed by atoms with Crippen LogP contribution in [0.15, 0.2) is 75.9 Å². The van der Waals surface area contributed by atoms with Crippen LogP contribution >= 0.6 is 0 Å². The first kappa shape index (κ1) is 13.7. The molecule has 0 radical (unpaired) electrons. The van der Waals surface area contributed by atoms with Crippen LogP contribution in [0.25, 0.3) is 32.9 Å². The Morgan fingerprint density at radius 3 is 2.48 bits per heavy atom. The molecule has 0 saturated carbocycles. The Hall–Kier alpha value is -2.91. The van der Waals surface area contributed by atoms with Crippen LogP contribution in [0.2, 0.25) is 0 Å². The average Bonchev–Trinajstić information content (AvgIpc) is 2.61. The minimum atomic E-state index is -0.395. The van der Waals surface area contributed by atoms with Gasteiger partial charge in [0.2, 0.25) is 0 Å². The zero-order valence-corrected chi connectivity index (χ0v) is 12.3. The van der Waals surface area contributed by atoms with E-state index in [0.717, 1.165) is 16.2 Å². The smallest absolute Gasteiger partial charge is 0.344 e. The van der Waals surface area contributed by atoms with Gasteiger partial charge in [0.15, 0.2) is 0 Å². The predicted octanol–water partition coefficient (Wildman–Crippen LogP) is 4.11. The molecule has 0 atom stereocenters. The third-order valence-corrected chi connectivity index (χ3v) is 4.12. The van der Waals surface area contributed by atoms with E-state index in [1.165, 1.54) is 0 Å². The molecule has 3 nitrogen and oxygen atoms in total. The summed E-state index contributed by atoms with van der Waals surface area (Å²) in [7, 11) is 0. The Morgan fingerprint density at radius 1 is 0.826 bits per heavy atom. The van der Waals surface area contributed by atoms with Crippen molar-refractivity contribution >= 4 is 21.7 Å². The molecule has 0 unspecified atom stereocenters. The molecule has 3 heteroatoms. The SMILES string of the molecule is O=c1oc2ccc3ccccc3c2cc1-c1ccccc1CO. The third-order valence-electron chi connectivity index (χ3n) is 4.12. The molecule has 112 valence electrons. The predicted molar refractivity (Wildman–Crippen MR) is 91.3 cm³/mol. The van der Waals surface area contributed by atoms with E-state index in [2.05, 4.69) is 0 Å². The lowest BCUT2D eigenvalue weighted by atomic mass is 9.99. The summed E-state index contributed by atoms with van der Waals surface area (Å²) in [6, 6.07) is 20.9. The fraction of sp³-hybridized carbons (Fsp3) is 0.0500. The number of aliphatic hydroxyl groups is 1. The highest BCUT2D eigenvalue weighted by atomic mass is 16.4. The van der Waals surface area contributed by atoms with Crippen molar-refractivity contribution in [1.29, 1.82) is 0 Å².